The van der Waals surface area contributed by atoms with E-state index in [9.17, 15) is 4.79 Å². The van der Waals surface area contributed by atoms with Crippen LogP contribution >= 0.6 is 11.6 Å². The summed E-state index contributed by atoms with van der Waals surface area (Å²) in [6, 6.07) is 11.9. The smallest absolute Gasteiger partial charge is 0.271 e. The molecule has 7 heteroatoms. The van der Waals surface area contributed by atoms with E-state index in [0.717, 1.165) is 55.9 Å². The van der Waals surface area contributed by atoms with E-state index in [4.69, 9.17) is 16.3 Å². The van der Waals surface area contributed by atoms with Crippen molar-refractivity contribution in [3.63, 3.8) is 0 Å². The summed E-state index contributed by atoms with van der Waals surface area (Å²) >= 11 is 6.49. The van der Waals surface area contributed by atoms with Crippen LogP contribution in [0.25, 0.3) is 6.08 Å². The molecule has 2 saturated heterocycles. The highest BCUT2D eigenvalue weighted by Gasteiger charge is 2.42. The normalized spacial score (nSPS) is 21.8. The third-order valence-corrected chi connectivity index (χ3v) is 6.27. The number of rotatable bonds is 6. The van der Waals surface area contributed by atoms with Crippen LogP contribution in [-0.2, 0) is 11.8 Å². The Kier molecular flexibility index (Phi) is 6.56. The number of hydrogen-bond donors (Lipinski definition) is 1. The summed E-state index contributed by atoms with van der Waals surface area (Å²) in [5.74, 6) is -0.144. The molecule has 30 heavy (non-hydrogen) atoms. The van der Waals surface area contributed by atoms with Crippen molar-refractivity contribution in [1.29, 1.82) is 0 Å². The van der Waals surface area contributed by atoms with Gasteiger partial charge in [0.15, 0.2) is 0 Å². The fourth-order valence-corrected chi connectivity index (χ4v) is 4.64. The molecule has 1 atom stereocenters. The Hall–Kier alpha value is -2.15. The zero-order valence-electron chi connectivity index (χ0n) is 17.4. The molecule has 2 fully saturated rings. The standard InChI is InChI=1S/C23H29ClN4O2/c1-27-12-8-21(26-27)22(29)25-16-20-7-9-23(30-20)10-13-28(14-11-23)17-19(24)15-18-5-3-2-4-6-18/h2-6,8,12,15,20H,7,9-11,13-14,16-17H2,1H3,(H,25,29)/b19-15-. The molecule has 2 aromatic rings. The first kappa shape index (κ1) is 21.1. The van der Waals surface area contributed by atoms with Crippen molar-refractivity contribution >= 4 is 23.6 Å². The SMILES string of the molecule is Cn1ccc(C(=O)NCC2CCC3(CCN(C/C(Cl)=C/c4ccccc4)CC3)O2)n1. The Balaban J connectivity index is 1.22. The van der Waals surface area contributed by atoms with Gasteiger partial charge in [0.25, 0.3) is 5.91 Å². The number of hydrogen-bond acceptors (Lipinski definition) is 4. The molecule has 0 radical (unpaired) electrons. The van der Waals surface area contributed by atoms with Crippen molar-refractivity contribution in [2.75, 3.05) is 26.2 Å². The van der Waals surface area contributed by atoms with Gasteiger partial charge in [0.05, 0.1) is 11.7 Å². The van der Waals surface area contributed by atoms with E-state index < -0.39 is 0 Å². The lowest BCUT2D eigenvalue weighted by Gasteiger charge is -2.39. The lowest BCUT2D eigenvalue weighted by molar-refractivity contribution is -0.0741. The molecule has 6 nitrogen and oxygen atoms in total. The van der Waals surface area contributed by atoms with Crippen LogP contribution in [0, 0.1) is 0 Å². The predicted molar refractivity (Wildman–Crippen MR) is 118 cm³/mol. The highest BCUT2D eigenvalue weighted by molar-refractivity contribution is 6.31. The van der Waals surface area contributed by atoms with Gasteiger partial charge in [-0.1, -0.05) is 41.9 Å². The predicted octanol–water partition coefficient (Wildman–Crippen LogP) is 3.44. The fourth-order valence-electron chi connectivity index (χ4n) is 4.35. The van der Waals surface area contributed by atoms with Gasteiger partial charge in [-0.15, -0.1) is 0 Å². The van der Waals surface area contributed by atoms with Gasteiger partial charge in [-0.3, -0.25) is 14.4 Å². The molecular weight excluding hydrogens is 400 g/mol. The first-order valence-electron chi connectivity index (χ1n) is 10.6. The average molecular weight is 429 g/mol. The molecular formula is C23H29ClN4O2. The van der Waals surface area contributed by atoms with Gasteiger partial charge in [0, 0.05) is 44.5 Å². The van der Waals surface area contributed by atoms with Crippen LogP contribution in [0.4, 0.5) is 0 Å². The Morgan fingerprint density at radius 2 is 2.03 bits per heavy atom. The maximum Gasteiger partial charge on any atom is 0.271 e. The summed E-state index contributed by atoms with van der Waals surface area (Å²) in [6.45, 7) is 3.26. The summed E-state index contributed by atoms with van der Waals surface area (Å²) in [4.78, 5) is 14.6. The van der Waals surface area contributed by atoms with Gasteiger partial charge in [-0.05, 0) is 43.4 Å². The highest BCUT2D eigenvalue weighted by atomic mass is 35.5. The number of nitrogens with one attached hydrogen (secondary N) is 1. The van der Waals surface area contributed by atoms with E-state index in [1.807, 2.05) is 24.3 Å². The molecule has 2 aliphatic heterocycles. The average Bonchev–Trinajstić information content (AvgIpc) is 3.35. The molecule has 1 aromatic heterocycles. The molecule has 1 unspecified atom stereocenters. The highest BCUT2D eigenvalue weighted by Crippen LogP contribution is 2.39. The first-order valence-corrected chi connectivity index (χ1v) is 11.0. The van der Waals surface area contributed by atoms with Crippen molar-refractivity contribution in [2.24, 2.45) is 7.05 Å². The van der Waals surface area contributed by atoms with Gasteiger partial charge < -0.3 is 10.1 Å². The number of benzene rings is 1. The van der Waals surface area contributed by atoms with Crippen molar-refractivity contribution < 1.29 is 9.53 Å². The number of carbonyl (C=O) groups is 1. The summed E-state index contributed by atoms with van der Waals surface area (Å²) in [5, 5.41) is 7.96. The van der Waals surface area contributed by atoms with E-state index in [2.05, 4.69) is 27.4 Å². The number of aryl methyl sites for hydroxylation is 1. The van der Waals surface area contributed by atoms with Gasteiger partial charge in [-0.2, -0.15) is 5.10 Å². The van der Waals surface area contributed by atoms with Crippen LogP contribution in [0.15, 0.2) is 47.6 Å². The minimum absolute atomic E-state index is 0.0491. The second-order valence-corrected chi connectivity index (χ2v) is 8.81. The summed E-state index contributed by atoms with van der Waals surface area (Å²) in [6.07, 6.45) is 7.94. The quantitative estimate of drug-likeness (QED) is 0.765. The van der Waals surface area contributed by atoms with Gasteiger partial charge >= 0.3 is 0 Å². The lowest BCUT2D eigenvalue weighted by atomic mass is 9.88. The minimum Gasteiger partial charge on any atom is -0.370 e. The van der Waals surface area contributed by atoms with Crippen LogP contribution in [-0.4, -0.2) is 58.5 Å². The van der Waals surface area contributed by atoms with E-state index >= 15 is 0 Å². The Morgan fingerprint density at radius 1 is 1.27 bits per heavy atom. The zero-order valence-corrected chi connectivity index (χ0v) is 18.1. The Bertz CT molecular complexity index is 888. The van der Waals surface area contributed by atoms with E-state index in [1.54, 1.807) is 24.0 Å². The monoisotopic (exact) mass is 428 g/mol. The molecule has 2 aliphatic rings. The van der Waals surface area contributed by atoms with E-state index in [-0.39, 0.29) is 17.6 Å². The Labute approximate surface area is 182 Å². The maximum absolute atomic E-state index is 12.2. The molecule has 4 rings (SSSR count). The summed E-state index contributed by atoms with van der Waals surface area (Å²) in [5.41, 5.74) is 1.52. The van der Waals surface area contributed by atoms with Gasteiger partial charge in [0.1, 0.15) is 5.69 Å². The second kappa shape index (κ2) is 9.33. The second-order valence-electron chi connectivity index (χ2n) is 8.32. The first-order chi connectivity index (χ1) is 14.5. The number of carbonyl (C=O) groups excluding carboxylic acids is 1. The number of likely N-dealkylation sites (tertiary alicyclic amines) is 1. The Morgan fingerprint density at radius 3 is 2.73 bits per heavy atom. The molecule has 1 N–H and O–H groups in total. The summed E-state index contributed by atoms with van der Waals surface area (Å²) < 4.78 is 8.05. The summed E-state index contributed by atoms with van der Waals surface area (Å²) in [7, 11) is 1.80. The third kappa shape index (κ3) is 5.31. The largest absolute Gasteiger partial charge is 0.370 e. The number of piperidine rings is 1. The fraction of sp³-hybridized carbons (Fsp3) is 0.478. The zero-order chi connectivity index (χ0) is 21.0. The van der Waals surface area contributed by atoms with Crippen LogP contribution < -0.4 is 5.32 Å². The van der Waals surface area contributed by atoms with Crippen molar-refractivity contribution in [1.82, 2.24) is 20.0 Å². The molecule has 1 aromatic carbocycles. The number of halogens is 1. The van der Waals surface area contributed by atoms with Crippen LogP contribution in [0.3, 0.4) is 0 Å². The number of amides is 1. The lowest BCUT2D eigenvalue weighted by Crippen LogP contribution is -2.45. The van der Waals surface area contributed by atoms with E-state index in [0.29, 0.717) is 12.2 Å². The molecule has 0 aliphatic carbocycles. The van der Waals surface area contributed by atoms with Crippen LogP contribution in [0.5, 0.6) is 0 Å². The number of aromatic nitrogens is 2. The maximum atomic E-state index is 12.2. The van der Waals surface area contributed by atoms with Gasteiger partial charge in [0.2, 0.25) is 0 Å². The third-order valence-electron chi connectivity index (χ3n) is 6.04. The molecule has 1 spiro atoms. The van der Waals surface area contributed by atoms with Gasteiger partial charge in [-0.25, -0.2) is 0 Å². The van der Waals surface area contributed by atoms with E-state index in [1.165, 1.54) is 0 Å². The van der Waals surface area contributed by atoms with Crippen LogP contribution in [0.2, 0.25) is 0 Å². The molecule has 160 valence electrons. The molecule has 3 heterocycles. The van der Waals surface area contributed by atoms with Crippen molar-refractivity contribution in [2.45, 2.75) is 37.4 Å². The minimum atomic E-state index is -0.144. The topological polar surface area (TPSA) is 59.4 Å². The number of ether oxygens (including phenoxy) is 1. The molecule has 0 bridgehead atoms. The molecule has 0 saturated carbocycles. The number of nitrogens with zero attached hydrogens (tertiary/aromatic N) is 3. The van der Waals surface area contributed by atoms with Crippen molar-refractivity contribution in [3.8, 4) is 0 Å². The molecule has 1 amide bonds. The van der Waals surface area contributed by atoms with Crippen molar-refractivity contribution in [3.05, 3.63) is 58.9 Å². The van der Waals surface area contributed by atoms with Crippen LogP contribution in [0.1, 0.15) is 41.7 Å².